The molecular weight excluding hydrogens is 244 g/mol. The summed E-state index contributed by atoms with van der Waals surface area (Å²) in [6.45, 7) is 2.32. The molecule has 5 heteroatoms. The van der Waals surface area contributed by atoms with Gasteiger partial charge in [-0.25, -0.2) is 4.98 Å². The number of para-hydroxylation sites is 1. The summed E-state index contributed by atoms with van der Waals surface area (Å²) >= 11 is 0. The summed E-state index contributed by atoms with van der Waals surface area (Å²) in [6.07, 6.45) is 2.25. The molecule has 0 spiro atoms. The maximum atomic E-state index is 11.5. The average Bonchev–Trinajstić information content (AvgIpc) is 2.83. The number of aryl methyl sites for hydroxylation is 1. The Morgan fingerprint density at radius 3 is 2.84 bits per heavy atom. The third kappa shape index (κ3) is 4.46. The molecule has 0 bridgehead atoms. The molecule has 0 fully saturated rings. The van der Waals surface area contributed by atoms with Crippen LogP contribution in [0.3, 0.4) is 0 Å². The number of nitrogens with one attached hydrogen (secondary N) is 1. The van der Waals surface area contributed by atoms with E-state index in [-0.39, 0.29) is 12.5 Å². The Morgan fingerprint density at radius 2 is 2.16 bits per heavy atom. The highest BCUT2D eigenvalue weighted by Gasteiger charge is 2.04. The second-order valence-corrected chi connectivity index (χ2v) is 4.06. The molecule has 1 aromatic carbocycles. The molecule has 1 amide bonds. The minimum atomic E-state index is -0.149. The number of benzene rings is 1. The maximum absolute atomic E-state index is 11.5. The summed E-state index contributed by atoms with van der Waals surface area (Å²) in [7, 11) is 0. The Hall–Kier alpha value is -2.30. The van der Waals surface area contributed by atoms with Crippen molar-refractivity contribution in [3.8, 4) is 5.75 Å². The van der Waals surface area contributed by atoms with E-state index in [1.165, 1.54) is 0 Å². The van der Waals surface area contributed by atoms with E-state index in [4.69, 9.17) is 9.15 Å². The Kier molecular flexibility index (Phi) is 4.55. The zero-order chi connectivity index (χ0) is 13.5. The summed E-state index contributed by atoms with van der Waals surface area (Å²) < 4.78 is 10.4. The highest BCUT2D eigenvalue weighted by Crippen LogP contribution is 2.07. The van der Waals surface area contributed by atoms with Crippen LogP contribution in [0.2, 0.25) is 0 Å². The van der Waals surface area contributed by atoms with Gasteiger partial charge in [-0.3, -0.25) is 4.79 Å². The molecule has 1 heterocycles. The number of rotatable bonds is 6. The first-order valence-corrected chi connectivity index (χ1v) is 6.09. The van der Waals surface area contributed by atoms with Crippen LogP contribution in [0.4, 0.5) is 0 Å². The number of hydrogen-bond donors (Lipinski definition) is 1. The first-order chi connectivity index (χ1) is 9.24. The highest BCUT2D eigenvalue weighted by atomic mass is 16.5. The van der Waals surface area contributed by atoms with E-state index in [1.807, 2.05) is 30.3 Å². The number of ether oxygens (including phenoxy) is 1. The smallest absolute Gasteiger partial charge is 0.257 e. The number of nitrogens with zero attached hydrogens (tertiary/aromatic N) is 1. The van der Waals surface area contributed by atoms with Crippen LogP contribution in [0, 0.1) is 6.92 Å². The van der Waals surface area contributed by atoms with Gasteiger partial charge in [0.2, 0.25) is 0 Å². The highest BCUT2D eigenvalue weighted by molar-refractivity contribution is 5.77. The van der Waals surface area contributed by atoms with Gasteiger partial charge in [0.1, 0.15) is 12.0 Å². The number of aromatic nitrogens is 1. The van der Waals surface area contributed by atoms with Crippen molar-refractivity contribution in [2.45, 2.75) is 13.3 Å². The molecule has 100 valence electrons. The van der Waals surface area contributed by atoms with Gasteiger partial charge in [0.05, 0.1) is 5.69 Å². The molecule has 2 rings (SSSR count). The summed E-state index contributed by atoms with van der Waals surface area (Å²) in [5.74, 6) is 1.17. The zero-order valence-electron chi connectivity index (χ0n) is 10.8. The molecule has 0 aliphatic rings. The second kappa shape index (κ2) is 6.58. The van der Waals surface area contributed by atoms with Gasteiger partial charge < -0.3 is 14.5 Å². The number of carbonyl (C=O) groups excluding carboxylic acids is 1. The average molecular weight is 260 g/mol. The van der Waals surface area contributed by atoms with Gasteiger partial charge in [-0.2, -0.15) is 0 Å². The zero-order valence-corrected chi connectivity index (χ0v) is 10.8. The van der Waals surface area contributed by atoms with Gasteiger partial charge in [0, 0.05) is 19.9 Å². The van der Waals surface area contributed by atoms with Crippen LogP contribution >= 0.6 is 0 Å². The summed E-state index contributed by atoms with van der Waals surface area (Å²) in [5, 5.41) is 2.77. The number of oxazole rings is 1. The van der Waals surface area contributed by atoms with Gasteiger partial charge in [0.15, 0.2) is 12.5 Å². The van der Waals surface area contributed by atoms with Gasteiger partial charge in [-0.05, 0) is 12.1 Å². The largest absolute Gasteiger partial charge is 0.484 e. The molecule has 0 atom stereocenters. The normalized spacial score (nSPS) is 10.2. The van der Waals surface area contributed by atoms with Crippen LogP contribution in [0.25, 0.3) is 0 Å². The van der Waals surface area contributed by atoms with Crippen molar-refractivity contribution in [3.05, 3.63) is 48.2 Å². The Morgan fingerprint density at radius 1 is 1.37 bits per heavy atom. The number of hydrogen-bond acceptors (Lipinski definition) is 4. The lowest BCUT2D eigenvalue weighted by Crippen LogP contribution is -2.30. The summed E-state index contributed by atoms with van der Waals surface area (Å²) in [5.41, 5.74) is 0.835. The maximum Gasteiger partial charge on any atom is 0.257 e. The van der Waals surface area contributed by atoms with Gasteiger partial charge in [0.25, 0.3) is 5.91 Å². The molecule has 0 aliphatic heterocycles. The third-order valence-corrected chi connectivity index (χ3v) is 2.48. The molecule has 2 aromatic rings. The summed E-state index contributed by atoms with van der Waals surface area (Å²) in [6, 6.07) is 9.24. The Labute approximate surface area is 111 Å². The number of carbonyl (C=O) groups is 1. The minimum absolute atomic E-state index is 0.0157. The molecule has 0 aliphatic carbocycles. The van der Waals surface area contributed by atoms with Crippen molar-refractivity contribution < 1.29 is 13.9 Å². The van der Waals surface area contributed by atoms with Crippen molar-refractivity contribution >= 4 is 5.91 Å². The molecular formula is C14H16N2O3. The molecule has 19 heavy (non-hydrogen) atoms. The SMILES string of the molecule is Cc1nc(CCNC(=O)COc2ccccc2)co1. The molecule has 5 nitrogen and oxygen atoms in total. The monoisotopic (exact) mass is 260 g/mol. The number of amides is 1. The minimum Gasteiger partial charge on any atom is -0.484 e. The summed E-state index contributed by atoms with van der Waals surface area (Å²) in [4.78, 5) is 15.7. The molecule has 0 radical (unpaired) electrons. The fraction of sp³-hybridized carbons (Fsp3) is 0.286. The Balaban J connectivity index is 1.65. The first kappa shape index (κ1) is 13.1. The third-order valence-electron chi connectivity index (χ3n) is 2.48. The fourth-order valence-corrected chi connectivity index (χ4v) is 1.57. The lowest BCUT2D eigenvalue weighted by atomic mass is 10.3. The van der Waals surface area contributed by atoms with Crippen LogP contribution in [-0.4, -0.2) is 24.0 Å². The van der Waals surface area contributed by atoms with Gasteiger partial charge in [-0.15, -0.1) is 0 Å². The second-order valence-electron chi connectivity index (χ2n) is 4.06. The van der Waals surface area contributed by atoms with E-state index in [2.05, 4.69) is 10.3 Å². The molecule has 0 saturated carbocycles. The predicted octanol–water partition coefficient (Wildman–Crippen LogP) is 1.72. The van der Waals surface area contributed by atoms with E-state index >= 15 is 0 Å². The van der Waals surface area contributed by atoms with Crippen molar-refractivity contribution in [2.24, 2.45) is 0 Å². The van der Waals surface area contributed by atoms with Crippen molar-refractivity contribution in [1.82, 2.24) is 10.3 Å². The van der Waals surface area contributed by atoms with Crippen LogP contribution in [0.15, 0.2) is 41.0 Å². The molecule has 1 N–H and O–H groups in total. The first-order valence-electron chi connectivity index (χ1n) is 6.09. The van der Waals surface area contributed by atoms with Crippen LogP contribution in [-0.2, 0) is 11.2 Å². The van der Waals surface area contributed by atoms with E-state index in [0.717, 1.165) is 5.69 Å². The van der Waals surface area contributed by atoms with Gasteiger partial charge in [-0.1, -0.05) is 18.2 Å². The molecule has 0 unspecified atom stereocenters. The van der Waals surface area contributed by atoms with Crippen LogP contribution in [0.1, 0.15) is 11.6 Å². The van der Waals surface area contributed by atoms with Crippen LogP contribution < -0.4 is 10.1 Å². The predicted molar refractivity (Wildman–Crippen MR) is 69.9 cm³/mol. The van der Waals surface area contributed by atoms with Crippen molar-refractivity contribution in [2.75, 3.05) is 13.2 Å². The van der Waals surface area contributed by atoms with Crippen molar-refractivity contribution in [1.29, 1.82) is 0 Å². The van der Waals surface area contributed by atoms with E-state index < -0.39 is 0 Å². The van der Waals surface area contributed by atoms with E-state index in [9.17, 15) is 4.79 Å². The quantitative estimate of drug-likeness (QED) is 0.859. The fourth-order valence-electron chi connectivity index (χ4n) is 1.57. The lowest BCUT2D eigenvalue weighted by molar-refractivity contribution is -0.123. The van der Waals surface area contributed by atoms with E-state index in [0.29, 0.717) is 24.6 Å². The van der Waals surface area contributed by atoms with Crippen LogP contribution in [0.5, 0.6) is 5.75 Å². The standard InChI is InChI=1S/C14H16N2O3/c1-11-16-12(9-18-11)7-8-15-14(17)10-19-13-5-3-2-4-6-13/h2-6,9H,7-8,10H2,1H3,(H,15,17). The molecule has 0 saturated heterocycles. The lowest BCUT2D eigenvalue weighted by Gasteiger charge is -2.06. The van der Waals surface area contributed by atoms with Gasteiger partial charge >= 0.3 is 0 Å². The Bertz CT molecular complexity index is 522. The molecule has 1 aromatic heterocycles. The topological polar surface area (TPSA) is 64.4 Å². The van der Waals surface area contributed by atoms with Crippen molar-refractivity contribution in [3.63, 3.8) is 0 Å². The van der Waals surface area contributed by atoms with E-state index in [1.54, 1.807) is 13.2 Å².